The number of nitrogens with zero attached hydrogens (tertiary/aromatic N) is 2. The van der Waals surface area contributed by atoms with E-state index in [4.69, 9.17) is 4.74 Å². The van der Waals surface area contributed by atoms with E-state index in [1.165, 1.54) is 6.07 Å². The van der Waals surface area contributed by atoms with Crippen LogP contribution >= 0.6 is 24.0 Å². The first-order valence-electron chi connectivity index (χ1n) is 6.19. The van der Waals surface area contributed by atoms with Crippen LogP contribution in [-0.4, -0.2) is 37.7 Å². The van der Waals surface area contributed by atoms with Crippen molar-refractivity contribution in [2.24, 2.45) is 4.99 Å². The summed E-state index contributed by atoms with van der Waals surface area (Å²) in [4.78, 5) is 7.56. The zero-order valence-electron chi connectivity index (χ0n) is 12.0. The smallest absolute Gasteiger partial charge is 0.417 e. The molecule has 0 aliphatic rings. The van der Waals surface area contributed by atoms with E-state index in [0.717, 1.165) is 12.3 Å². The number of aliphatic imine (C=N–C) groups is 1. The second kappa shape index (κ2) is 10.2. The zero-order chi connectivity index (χ0) is 15.7. The summed E-state index contributed by atoms with van der Waals surface area (Å²) in [7, 11) is 1.62. The van der Waals surface area contributed by atoms with E-state index in [0.29, 0.717) is 19.0 Å². The molecule has 1 aromatic rings. The molecule has 0 amide bonds. The van der Waals surface area contributed by atoms with Gasteiger partial charge in [0, 0.05) is 25.9 Å². The molecule has 22 heavy (non-hydrogen) atoms. The fourth-order valence-corrected chi connectivity index (χ4v) is 1.35. The average Bonchev–Trinajstić information content (AvgIpc) is 2.46. The minimum absolute atomic E-state index is 0. The molecule has 124 valence electrons. The summed E-state index contributed by atoms with van der Waals surface area (Å²) in [6.07, 6.45) is -1.96. The Hall–Kier alpha value is -1.52. The van der Waals surface area contributed by atoms with E-state index in [9.17, 15) is 13.2 Å². The van der Waals surface area contributed by atoms with Crippen molar-refractivity contribution in [2.75, 3.05) is 26.7 Å². The third kappa shape index (κ3) is 7.48. The average molecular weight is 430 g/mol. The van der Waals surface area contributed by atoms with Crippen LogP contribution in [-0.2, 0) is 6.18 Å². The summed E-state index contributed by atoms with van der Waals surface area (Å²) >= 11 is 0. The molecule has 0 fully saturated rings. The highest BCUT2D eigenvalue weighted by Crippen LogP contribution is 2.29. The molecule has 1 aromatic heterocycles. The molecule has 0 radical (unpaired) electrons. The molecule has 0 saturated carbocycles. The predicted molar refractivity (Wildman–Crippen MR) is 89.7 cm³/mol. The molecular formula is C13H18F3IN4O. The Morgan fingerprint density at radius 2 is 2.14 bits per heavy atom. The molecule has 0 saturated heterocycles. The second-order valence-corrected chi connectivity index (χ2v) is 3.90. The summed E-state index contributed by atoms with van der Waals surface area (Å²) in [6.45, 7) is 4.81. The lowest BCUT2D eigenvalue weighted by molar-refractivity contribution is -0.137. The minimum atomic E-state index is -4.39. The van der Waals surface area contributed by atoms with Crippen molar-refractivity contribution >= 4 is 29.9 Å². The molecule has 1 heterocycles. The van der Waals surface area contributed by atoms with Crippen molar-refractivity contribution in [1.82, 2.24) is 15.6 Å². The number of aromatic nitrogens is 1. The van der Waals surface area contributed by atoms with Gasteiger partial charge in [0.25, 0.3) is 0 Å². The highest BCUT2D eigenvalue weighted by Gasteiger charge is 2.30. The number of alkyl halides is 3. The second-order valence-electron chi connectivity index (χ2n) is 3.90. The van der Waals surface area contributed by atoms with Gasteiger partial charge in [-0.15, -0.1) is 30.6 Å². The minimum Gasteiger partial charge on any atom is -0.476 e. The Balaban J connectivity index is 0.00000441. The van der Waals surface area contributed by atoms with Crippen LogP contribution in [0.3, 0.4) is 0 Å². The van der Waals surface area contributed by atoms with Crippen LogP contribution in [0.4, 0.5) is 13.2 Å². The number of hydrogen-bond donors (Lipinski definition) is 2. The molecular weight excluding hydrogens is 412 g/mol. The lowest BCUT2D eigenvalue weighted by atomic mass is 10.3. The van der Waals surface area contributed by atoms with Gasteiger partial charge in [0.2, 0.25) is 5.88 Å². The van der Waals surface area contributed by atoms with E-state index in [1.807, 2.05) is 0 Å². The van der Waals surface area contributed by atoms with E-state index >= 15 is 0 Å². The first-order valence-corrected chi connectivity index (χ1v) is 6.19. The van der Waals surface area contributed by atoms with Gasteiger partial charge in [-0.05, 0) is 6.07 Å². The molecule has 0 atom stereocenters. The van der Waals surface area contributed by atoms with Gasteiger partial charge < -0.3 is 15.4 Å². The molecule has 0 unspecified atom stereocenters. The number of nitrogens with one attached hydrogen (secondary N) is 2. The molecule has 2 N–H and O–H groups in total. The lowest BCUT2D eigenvalue weighted by Crippen LogP contribution is -2.39. The highest BCUT2D eigenvalue weighted by molar-refractivity contribution is 14.0. The van der Waals surface area contributed by atoms with Gasteiger partial charge in [-0.1, -0.05) is 6.08 Å². The largest absolute Gasteiger partial charge is 0.476 e. The number of guanidine groups is 1. The summed E-state index contributed by atoms with van der Waals surface area (Å²) in [5, 5.41) is 5.93. The number of rotatable bonds is 6. The Morgan fingerprint density at radius 3 is 2.64 bits per heavy atom. The molecule has 0 bridgehead atoms. The van der Waals surface area contributed by atoms with Gasteiger partial charge in [-0.3, -0.25) is 4.99 Å². The third-order valence-corrected chi connectivity index (χ3v) is 2.35. The Kier molecular flexibility index (Phi) is 9.54. The Bertz CT molecular complexity index is 477. The van der Waals surface area contributed by atoms with Crippen molar-refractivity contribution < 1.29 is 17.9 Å². The van der Waals surface area contributed by atoms with Gasteiger partial charge in [-0.2, -0.15) is 13.2 Å². The normalized spacial score (nSPS) is 11.4. The zero-order valence-corrected chi connectivity index (χ0v) is 14.3. The van der Waals surface area contributed by atoms with Crippen LogP contribution in [0.2, 0.25) is 0 Å². The standard InChI is InChI=1S/C13H17F3N4O.HI/c1-3-6-18-12(17-2)19-7-8-21-11-5-4-10(9-20-11)13(14,15)16;/h3-5,9H,1,6-8H2,2H3,(H2,17,18,19);1H. The van der Waals surface area contributed by atoms with Crippen molar-refractivity contribution in [3.05, 3.63) is 36.5 Å². The van der Waals surface area contributed by atoms with Crippen LogP contribution < -0.4 is 15.4 Å². The fraction of sp³-hybridized carbons (Fsp3) is 0.385. The quantitative estimate of drug-likeness (QED) is 0.240. The summed E-state index contributed by atoms with van der Waals surface area (Å²) in [6, 6.07) is 2.12. The van der Waals surface area contributed by atoms with Crippen LogP contribution in [0.5, 0.6) is 5.88 Å². The maximum absolute atomic E-state index is 12.3. The van der Waals surface area contributed by atoms with Crippen LogP contribution in [0.1, 0.15) is 5.56 Å². The van der Waals surface area contributed by atoms with Crippen LogP contribution in [0.15, 0.2) is 36.0 Å². The van der Waals surface area contributed by atoms with Crippen molar-refractivity contribution in [3.8, 4) is 5.88 Å². The molecule has 1 rings (SSSR count). The lowest BCUT2D eigenvalue weighted by Gasteiger charge is -2.11. The summed E-state index contributed by atoms with van der Waals surface area (Å²) < 4.78 is 42.2. The maximum atomic E-state index is 12.3. The Morgan fingerprint density at radius 1 is 1.41 bits per heavy atom. The number of pyridine rings is 1. The van der Waals surface area contributed by atoms with E-state index in [-0.39, 0.29) is 36.5 Å². The first kappa shape index (κ1) is 20.5. The molecule has 5 nitrogen and oxygen atoms in total. The van der Waals surface area contributed by atoms with Gasteiger partial charge in [0.05, 0.1) is 12.1 Å². The van der Waals surface area contributed by atoms with Gasteiger partial charge in [-0.25, -0.2) is 4.98 Å². The van der Waals surface area contributed by atoms with Gasteiger partial charge in [0.1, 0.15) is 6.61 Å². The van der Waals surface area contributed by atoms with E-state index in [2.05, 4.69) is 27.2 Å². The molecule has 0 aliphatic heterocycles. The molecule has 0 aromatic carbocycles. The highest BCUT2D eigenvalue weighted by atomic mass is 127. The molecule has 9 heteroatoms. The number of ether oxygens (including phenoxy) is 1. The van der Waals surface area contributed by atoms with Crippen LogP contribution in [0, 0.1) is 0 Å². The monoisotopic (exact) mass is 430 g/mol. The van der Waals surface area contributed by atoms with Crippen molar-refractivity contribution in [3.63, 3.8) is 0 Å². The van der Waals surface area contributed by atoms with Crippen molar-refractivity contribution in [1.29, 1.82) is 0 Å². The topological polar surface area (TPSA) is 58.5 Å². The maximum Gasteiger partial charge on any atom is 0.417 e. The third-order valence-electron chi connectivity index (χ3n) is 2.35. The fourth-order valence-electron chi connectivity index (χ4n) is 1.35. The molecule has 0 aliphatic carbocycles. The molecule has 0 spiro atoms. The SMILES string of the molecule is C=CCNC(=NC)NCCOc1ccc(C(F)(F)F)cn1.I. The van der Waals surface area contributed by atoms with Crippen molar-refractivity contribution in [2.45, 2.75) is 6.18 Å². The number of hydrogen-bond acceptors (Lipinski definition) is 3. The summed E-state index contributed by atoms with van der Waals surface area (Å²) in [5.74, 6) is 0.720. The summed E-state index contributed by atoms with van der Waals surface area (Å²) in [5.41, 5.74) is -0.804. The van der Waals surface area contributed by atoms with E-state index < -0.39 is 11.7 Å². The van der Waals surface area contributed by atoms with E-state index in [1.54, 1.807) is 13.1 Å². The predicted octanol–water partition coefficient (Wildman–Crippen LogP) is 2.45. The Labute approximate surface area is 144 Å². The number of halogens is 4. The first-order chi connectivity index (χ1) is 9.97. The van der Waals surface area contributed by atoms with Gasteiger partial charge in [0.15, 0.2) is 5.96 Å². The van der Waals surface area contributed by atoms with Gasteiger partial charge >= 0.3 is 6.18 Å². The van der Waals surface area contributed by atoms with Crippen LogP contribution in [0.25, 0.3) is 0 Å².